The van der Waals surface area contributed by atoms with E-state index in [-0.39, 0.29) is 0 Å². The van der Waals surface area contributed by atoms with Crippen molar-refractivity contribution in [3.05, 3.63) is 10.8 Å². The minimum absolute atomic E-state index is 0.595. The molecule has 0 atom stereocenters. The number of anilines is 2. The molecule has 1 fully saturated rings. The average molecular weight is 355 g/mol. The molecule has 21 heavy (non-hydrogen) atoms. The van der Waals surface area contributed by atoms with Gasteiger partial charge in [-0.25, -0.2) is 9.97 Å². The average Bonchev–Trinajstić information content (AvgIpc) is 2.53. The van der Waals surface area contributed by atoms with Crippen molar-refractivity contribution in [3.8, 4) is 0 Å². The van der Waals surface area contributed by atoms with Gasteiger partial charge in [0.15, 0.2) is 0 Å². The third kappa shape index (κ3) is 4.09. The van der Waals surface area contributed by atoms with Gasteiger partial charge in [-0.15, -0.1) is 0 Å². The Labute approximate surface area is 136 Å². The first kappa shape index (κ1) is 16.5. The largest absolute Gasteiger partial charge is 0.369 e. The molecular weight excluding hydrogens is 328 g/mol. The van der Waals surface area contributed by atoms with Crippen molar-refractivity contribution >= 4 is 27.6 Å². The number of aromatic nitrogens is 2. The molecule has 5 heteroatoms. The number of rotatable bonds is 6. The molecule has 0 saturated heterocycles. The van der Waals surface area contributed by atoms with Crippen molar-refractivity contribution in [2.24, 2.45) is 5.92 Å². The third-order valence-electron chi connectivity index (χ3n) is 4.59. The van der Waals surface area contributed by atoms with Crippen LogP contribution in [0.3, 0.4) is 0 Å². The fraction of sp³-hybridized carbons (Fsp3) is 0.750. The zero-order valence-corrected chi connectivity index (χ0v) is 15.0. The van der Waals surface area contributed by atoms with Gasteiger partial charge < -0.3 is 10.2 Å². The molecule has 1 saturated carbocycles. The predicted octanol–water partition coefficient (Wildman–Crippen LogP) is 4.47. The van der Waals surface area contributed by atoms with E-state index < -0.39 is 0 Å². The van der Waals surface area contributed by atoms with Crippen molar-refractivity contribution in [2.45, 2.75) is 58.4 Å². The quantitative estimate of drug-likeness (QED) is 0.818. The van der Waals surface area contributed by atoms with E-state index in [0.29, 0.717) is 6.04 Å². The molecule has 118 valence electrons. The number of nitrogens with one attached hydrogen (secondary N) is 1. The highest BCUT2D eigenvalue weighted by Gasteiger charge is 2.25. The first-order chi connectivity index (χ1) is 10.2. The summed E-state index contributed by atoms with van der Waals surface area (Å²) in [5, 5.41) is 3.35. The summed E-state index contributed by atoms with van der Waals surface area (Å²) < 4.78 is 0.985. The van der Waals surface area contributed by atoms with Gasteiger partial charge in [-0.3, -0.25) is 0 Å². The van der Waals surface area contributed by atoms with Gasteiger partial charge in [-0.1, -0.05) is 20.3 Å². The van der Waals surface area contributed by atoms with Gasteiger partial charge in [-0.2, -0.15) is 0 Å². The monoisotopic (exact) mass is 354 g/mol. The van der Waals surface area contributed by atoms with Crippen LogP contribution >= 0.6 is 15.9 Å². The van der Waals surface area contributed by atoms with Gasteiger partial charge in [0, 0.05) is 19.6 Å². The Hall–Kier alpha value is -0.840. The van der Waals surface area contributed by atoms with Crippen molar-refractivity contribution in [1.82, 2.24) is 9.97 Å². The predicted molar refractivity (Wildman–Crippen MR) is 93.0 cm³/mol. The van der Waals surface area contributed by atoms with E-state index in [0.717, 1.165) is 35.0 Å². The molecular formula is C16H27BrN4. The maximum atomic E-state index is 4.49. The van der Waals surface area contributed by atoms with E-state index in [4.69, 9.17) is 0 Å². The van der Waals surface area contributed by atoms with Crippen LogP contribution in [0.25, 0.3) is 0 Å². The summed E-state index contributed by atoms with van der Waals surface area (Å²) in [6.07, 6.45) is 9.28. The topological polar surface area (TPSA) is 41.1 Å². The Morgan fingerprint density at radius 3 is 2.57 bits per heavy atom. The minimum atomic E-state index is 0.595. The van der Waals surface area contributed by atoms with E-state index in [1.54, 1.807) is 6.33 Å². The Bertz CT molecular complexity index is 444. The lowest BCUT2D eigenvalue weighted by atomic mass is 9.84. The second-order valence-electron chi connectivity index (χ2n) is 5.98. The van der Waals surface area contributed by atoms with E-state index in [9.17, 15) is 0 Å². The summed E-state index contributed by atoms with van der Waals surface area (Å²) in [5.74, 6) is 2.82. The summed E-state index contributed by atoms with van der Waals surface area (Å²) in [5.41, 5.74) is 0. The Morgan fingerprint density at radius 1 is 1.24 bits per heavy atom. The molecule has 1 aromatic heterocycles. The summed E-state index contributed by atoms with van der Waals surface area (Å²) >= 11 is 3.68. The van der Waals surface area contributed by atoms with Crippen molar-refractivity contribution in [3.63, 3.8) is 0 Å². The summed E-state index contributed by atoms with van der Waals surface area (Å²) in [4.78, 5) is 11.2. The first-order valence-electron chi connectivity index (χ1n) is 8.14. The summed E-state index contributed by atoms with van der Waals surface area (Å²) in [7, 11) is 2.16. The van der Waals surface area contributed by atoms with Crippen LogP contribution in [-0.2, 0) is 0 Å². The smallest absolute Gasteiger partial charge is 0.148 e. The van der Waals surface area contributed by atoms with Crippen LogP contribution in [0.15, 0.2) is 10.8 Å². The Balaban J connectivity index is 2.07. The second-order valence-corrected chi connectivity index (χ2v) is 6.77. The number of hydrogen-bond acceptors (Lipinski definition) is 4. The van der Waals surface area contributed by atoms with E-state index in [1.807, 2.05) is 0 Å². The SMILES string of the molecule is CCCNc1ncnc(N(C)C2CCC(CC)CC2)c1Br. The Kier molecular flexibility index (Phi) is 6.27. The van der Waals surface area contributed by atoms with Gasteiger partial charge in [-0.05, 0) is 54.0 Å². The molecule has 1 aliphatic carbocycles. The maximum absolute atomic E-state index is 4.49. The van der Waals surface area contributed by atoms with E-state index >= 15 is 0 Å². The lowest BCUT2D eigenvalue weighted by molar-refractivity contribution is 0.312. The molecule has 0 spiro atoms. The van der Waals surface area contributed by atoms with Crippen LogP contribution in [0.4, 0.5) is 11.6 Å². The molecule has 0 amide bonds. The Morgan fingerprint density at radius 2 is 1.95 bits per heavy atom. The van der Waals surface area contributed by atoms with Crippen LogP contribution in [0.5, 0.6) is 0 Å². The number of hydrogen-bond donors (Lipinski definition) is 1. The molecule has 0 aliphatic heterocycles. The first-order valence-corrected chi connectivity index (χ1v) is 8.93. The summed E-state index contributed by atoms with van der Waals surface area (Å²) in [6.45, 7) is 5.39. The molecule has 0 bridgehead atoms. The minimum Gasteiger partial charge on any atom is -0.369 e. The second kappa shape index (κ2) is 7.97. The van der Waals surface area contributed by atoms with Crippen molar-refractivity contribution in [1.29, 1.82) is 0 Å². The highest BCUT2D eigenvalue weighted by atomic mass is 79.9. The molecule has 1 aliphatic rings. The lowest BCUT2D eigenvalue weighted by Gasteiger charge is -2.35. The van der Waals surface area contributed by atoms with Gasteiger partial charge in [0.1, 0.15) is 22.4 Å². The number of halogens is 1. The normalized spacial score (nSPS) is 22.1. The van der Waals surface area contributed by atoms with E-state index in [1.165, 1.54) is 32.1 Å². The molecule has 1 N–H and O–H groups in total. The van der Waals surface area contributed by atoms with Crippen LogP contribution in [0.2, 0.25) is 0 Å². The fourth-order valence-corrected chi connectivity index (χ4v) is 3.71. The maximum Gasteiger partial charge on any atom is 0.148 e. The van der Waals surface area contributed by atoms with Gasteiger partial charge >= 0.3 is 0 Å². The third-order valence-corrected chi connectivity index (χ3v) is 5.32. The zero-order valence-electron chi connectivity index (χ0n) is 13.4. The van der Waals surface area contributed by atoms with Gasteiger partial charge in [0.2, 0.25) is 0 Å². The molecule has 1 aromatic rings. The highest BCUT2D eigenvalue weighted by molar-refractivity contribution is 9.10. The van der Waals surface area contributed by atoms with Crippen LogP contribution in [-0.4, -0.2) is 29.6 Å². The highest BCUT2D eigenvalue weighted by Crippen LogP contribution is 2.34. The fourth-order valence-electron chi connectivity index (χ4n) is 3.09. The van der Waals surface area contributed by atoms with Crippen molar-refractivity contribution in [2.75, 3.05) is 23.8 Å². The lowest BCUT2D eigenvalue weighted by Crippen LogP contribution is -2.36. The molecule has 0 aromatic carbocycles. The standard InChI is InChI=1S/C16H27BrN4/c1-4-10-18-15-14(17)16(20-11-19-15)21(3)13-8-6-12(5-2)7-9-13/h11-13H,4-10H2,1-3H3,(H,18,19,20). The van der Waals surface area contributed by atoms with Crippen molar-refractivity contribution < 1.29 is 0 Å². The van der Waals surface area contributed by atoms with Gasteiger partial charge in [0.25, 0.3) is 0 Å². The molecule has 1 heterocycles. The molecule has 2 rings (SSSR count). The molecule has 0 radical (unpaired) electrons. The van der Waals surface area contributed by atoms with Crippen LogP contribution in [0.1, 0.15) is 52.4 Å². The zero-order chi connectivity index (χ0) is 15.2. The molecule has 0 unspecified atom stereocenters. The van der Waals surface area contributed by atoms with Crippen LogP contribution < -0.4 is 10.2 Å². The summed E-state index contributed by atoms with van der Waals surface area (Å²) in [6, 6.07) is 0.595. The molecule has 4 nitrogen and oxygen atoms in total. The van der Waals surface area contributed by atoms with Crippen LogP contribution in [0, 0.1) is 5.92 Å². The number of nitrogens with zero attached hydrogens (tertiary/aromatic N) is 3. The van der Waals surface area contributed by atoms with Gasteiger partial charge in [0.05, 0.1) is 0 Å². The van der Waals surface area contributed by atoms with E-state index in [2.05, 4.69) is 57.0 Å².